The summed E-state index contributed by atoms with van der Waals surface area (Å²) in [7, 11) is 0. The van der Waals surface area contributed by atoms with Gasteiger partial charge in [0.15, 0.2) is 5.69 Å². The Balaban J connectivity index is 1.41. The van der Waals surface area contributed by atoms with Crippen LogP contribution >= 0.6 is 24.0 Å². The molecule has 2 amide bonds. The normalized spacial score (nSPS) is 14.9. The van der Waals surface area contributed by atoms with Crippen molar-refractivity contribution in [3.05, 3.63) is 70.1 Å². The molecule has 3 aromatic rings. The maximum atomic E-state index is 12.7. The van der Waals surface area contributed by atoms with Gasteiger partial charge in [-0.15, -0.1) is 0 Å². The van der Waals surface area contributed by atoms with Crippen molar-refractivity contribution < 1.29 is 14.2 Å². The van der Waals surface area contributed by atoms with Crippen molar-refractivity contribution in [1.29, 1.82) is 0 Å². The van der Waals surface area contributed by atoms with E-state index in [0.29, 0.717) is 14.9 Å². The Labute approximate surface area is 194 Å². The number of aryl methyl sites for hydroxylation is 2. The molecule has 1 aliphatic rings. The number of amides is 2. The summed E-state index contributed by atoms with van der Waals surface area (Å²) in [6.07, 6.45) is 1.86. The number of hydrogen-bond acceptors (Lipinski definition) is 7. The number of nitrogens with zero attached hydrogens (tertiary/aromatic N) is 3. The van der Waals surface area contributed by atoms with Crippen LogP contribution in [0, 0.1) is 13.8 Å². The SMILES string of the molecule is Cc1ccc(C)c(-c2nonc2NC(=O)CCN2C(=O)/C(=C/c3ccccc3)SC2=S)c1. The third-order valence-corrected chi connectivity index (χ3v) is 6.31. The van der Waals surface area contributed by atoms with E-state index < -0.39 is 0 Å². The van der Waals surface area contributed by atoms with E-state index in [2.05, 4.69) is 15.6 Å². The number of thioether (sulfide) groups is 1. The molecule has 9 heteroatoms. The number of anilines is 1. The van der Waals surface area contributed by atoms with Crippen LogP contribution in [0.1, 0.15) is 23.1 Å². The summed E-state index contributed by atoms with van der Waals surface area (Å²) in [5.41, 5.74) is 4.28. The monoisotopic (exact) mass is 464 g/mol. The minimum Gasteiger partial charge on any atom is -0.306 e. The topological polar surface area (TPSA) is 88.3 Å². The Morgan fingerprint density at radius 3 is 2.75 bits per heavy atom. The number of thiocarbonyl (C=S) groups is 1. The molecule has 0 atom stereocenters. The summed E-state index contributed by atoms with van der Waals surface area (Å²) in [6, 6.07) is 15.5. The fraction of sp³-hybridized carbons (Fsp3) is 0.174. The predicted molar refractivity (Wildman–Crippen MR) is 129 cm³/mol. The second kappa shape index (κ2) is 9.46. The van der Waals surface area contributed by atoms with Gasteiger partial charge < -0.3 is 5.32 Å². The molecule has 4 rings (SSSR count). The molecule has 1 N–H and O–H groups in total. The molecular formula is C23H20N4O3S2. The van der Waals surface area contributed by atoms with E-state index in [9.17, 15) is 9.59 Å². The number of hydrogen-bond donors (Lipinski definition) is 1. The minimum atomic E-state index is -0.312. The van der Waals surface area contributed by atoms with Crippen LogP contribution in [-0.2, 0) is 9.59 Å². The van der Waals surface area contributed by atoms with Crippen molar-refractivity contribution in [2.45, 2.75) is 20.3 Å². The highest BCUT2D eigenvalue weighted by Gasteiger charge is 2.32. The quantitative estimate of drug-likeness (QED) is 0.422. The van der Waals surface area contributed by atoms with E-state index in [1.165, 1.54) is 16.7 Å². The van der Waals surface area contributed by atoms with Crippen LogP contribution < -0.4 is 5.32 Å². The summed E-state index contributed by atoms with van der Waals surface area (Å²) in [5.74, 6) is -0.262. The van der Waals surface area contributed by atoms with E-state index in [1.807, 2.05) is 62.4 Å². The van der Waals surface area contributed by atoms with Gasteiger partial charge in [0.2, 0.25) is 11.7 Å². The van der Waals surface area contributed by atoms with Gasteiger partial charge in [0.25, 0.3) is 5.91 Å². The van der Waals surface area contributed by atoms with Crippen LogP contribution in [0.4, 0.5) is 5.82 Å². The molecule has 0 unspecified atom stereocenters. The van der Waals surface area contributed by atoms with Crippen LogP contribution in [0.2, 0.25) is 0 Å². The first kappa shape index (κ1) is 21.9. The molecule has 2 aromatic carbocycles. The lowest BCUT2D eigenvalue weighted by molar-refractivity contribution is -0.122. The van der Waals surface area contributed by atoms with Crippen LogP contribution in [-0.4, -0.2) is 37.9 Å². The highest BCUT2D eigenvalue weighted by Crippen LogP contribution is 2.33. The standard InChI is InChI=1S/C23H20N4O3S2/c1-14-8-9-15(2)17(12-14)20-21(26-30-25-20)24-19(28)10-11-27-22(29)18(32-23(27)31)13-16-6-4-3-5-7-16/h3-9,12-13H,10-11H2,1-2H3,(H,24,26,28)/b18-13-. The van der Waals surface area contributed by atoms with Gasteiger partial charge in [0.05, 0.1) is 4.91 Å². The molecule has 0 saturated carbocycles. The third kappa shape index (κ3) is 4.79. The van der Waals surface area contributed by atoms with Gasteiger partial charge in [0.1, 0.15) is 4.32 Å². The lowest BCUT2D eigenvalue weighted by atomic mass is 10.0. The molecule has 1 saturated heterocycles. The van der Waals surface area contributed by atoms with Crippen molar-refractivity contribution in [1.82, 2.24) is 15.2 Å². The molecule has 32 heavy (non-hydrogen) atoms. The molecule has 2 heterocycles. The van der Waals surface area contributed by atoms with Crippen molar-refractivity contribution in [2.75, 3.05) is 11.9 Å². The zero-order valence-electron chi connectivity index (χ0n) is 17.5. The van der Waals surface area contributed by atoms with Gasteiger partial charge in [-0.3, -0.25) is 14.5 Å². The molecule has 1 fully saturated rings. The number of rotatable bonds is 6. The van der Waals surface area contributed by atoms with Gasteiger partial charge in [-0.2, -0.15) is 0 Å². The van der Waals surface area contributed by atoms with E-state index >= 15 is 0 Å². The van der Waals surface area contributed by atoms with Crippen molar-refractivity contribution in [2.24, 2.45) is 0 Å². The molecule has 1 aromatic heterocycles. The fourth-order valence-electron chi connectivity index (χ4n) is 3.24. The molecule has 1 aliphatic heterocycles. The number of aromatic nitrogens is 2. The lowest BCUT2D eigenvalue weighted by Crippen LogP contribution is -2.31. The van der Waals surface area contributed by atoms with E-state index in [0.717, 1.165) is 22.3 Å². The van der Waals surface area contributed by atoms with Crippen molar-refractivity contribution >= 4 is 52.0 Å². The van der Waals surface area contributed by atoms with Crippen LogP contribution in [0.5, 0.6) is 0 Å². The Hall–Kier alpha value is -3.30. The number of benzene rings is 2. The molecule has 7 nitrogen and oxygen atoms in total. The Morgan fingerprint density at radius 1 is 1.19 bits per heavy atom. The molecule has 0 spiro atoms. The van der Waals surface area contributed by atoms with Gasteiger partial charge in [-0.1, -0.05) is 72.0 Å². The first-order valence-corrected chi connectivity index (χ1v) is 11.2. The smallest absolute Gasteiger partial charge is 0.266 e. The summed E-state index contributed by atoms with van der Waals surface area (Å²) in [4.78, 5) is 27.3. The Morgan fingerprint density at radius 2 is 1.97 bits per heavy atom. The van der Waals surface area contributed by atoms with Crippen molar-refractivity contribution in [3.8, 4) is 11.3 Å². The third-order valence-electron chi connectivity index (χ3n) is 4.93. The lowest BCUT2D eigenvalue weighted by Gasteiger charge is -2.13. The zero-order valence-corrected chi connectivity index (χ0v) is 19.1. The second-order valence-corrected chi connectivity index (χ2v) is 9.00. The highest BCUT2D eigenvalue weighted by molar-refractivity contribution is 8.26. The maximum Gasteiger partial charge on any atom is 0.266 e. The maximum absolute atomic E-state index is 12.7. The largest absolute Gasteiger partial charge is 0.306 e. The van der Waals surface area contributed by atoms with Crippen LogP contribution in [0.25, 0.3) is 17.3 Å². The van der Waals surface area contributed by atoms with Gasteiger partial charge >= 0.3 is 0 Å². The fourth-order valence-corrected chi connectivity index (χ4v) is 4.55. The summed E-state index contributed by atoms with van der Waals surface area (Å²) >= 11 is 6.58. The average molecular weight is 465 g/mol. The molecule has 0 bridgehead atoms. The molecular weight excluding hydrogens is 444 g/mol. The van der Waals surface area contributed by atoms with Crippen LogP contribution in [0.3, 0.4) is 0 Å². The van der Waals surface area contributed by atoms with E-state index in [1.54, 1.807) is 6.08 Å². The van der Waals surface area contributed by atoms with E-state index in [-0.39, 0.29) is 30.6 Å². The van der Waals surface area contributed by atoms with Gasteiger partial charge in [0, 0.05) is 18.5 Å². The number of nitrogens with one attached hydrogen (secondary N) is 1. The summed E-state index contributed by atoms with van der Waals surface area (Å²) in [5, 5.41) is 10.5. The second-order valence-electron chi connectivity index (χ2n) is 7.32. The van der Waals surface area contributed by atoms with Gasteiger partial charge in [-0.05, 0) is 47.4 Å². The highest BCUT2D eigenvalue weighted by atomic mass is 32.2. The zero-order chi connectivity index (χ0) is 22.7. The molecule has 162 valence electrons. The minimum absolute atomic E-state index is 0.0597. The molecule has 0 aliphatic carbocycles. The van der Waals surface area contributed by atoms with Crippen molar-refractivity contribution in [3.63, 3.8) is 0 Å². The summed E-state index contributed by atoms with van der Waals surface area (Å²) in [6.45, 7) is 4.10. The summed E-state index contributed by atoms with van der Waals surface area (Å²) < 4.78 is 5.30. The first-order chi connectivity index (χ1) is 15.4. The number of carbonyl (C=O) groups excluding carboxylic acids is 2. The molecule has 0 radical (unpaired) electrons. The Bertz CT molecular complexity index is 1220. The Kier molecular flexibility index (Phi) is 6.48. The average Bonchev–Trinajstić information content (AvgIpc) is 3.33. The van der Waals surface area contributed by atoms with E-state index in [4.69, 9.17) is 16.8 Å². The van der Waals surface area contributed by atoms with Gasteiger partial charge in [-0.25, -0.2) is 4.63 Å². The predicted octanol–water partition coefficient (Wildman–Crippen LogP) is 4.58. The van der Waals surface area contributed by atoms with Crippen LogP contribution in [0.15, 0.2) is 58.1 Å². The first-order valence-electron chi connectivity index (χ1n) is 9.93. The number of carbonyl (C=O) groups is 2.